The second-order valence-electron chi connectivity index (χ2n) is 3.76. The van der Waals surface area contributed by atoms with E-state index in [4.69, 9.17) is 5.26 Å². The van der Waals surface area contributed by atoms with Crippen LogP contribution in [0.2, 0.25) is 0 Å². The molecule has 0 N–H and O–H groups in total. The van der Waals surface area contributed by atoms with E-state index in [1.165, 1.54) is 4.90 Å². The van der Waals surface area contributed by atoms with Crippen molar-refractivity contribution in [2.75, 3.05) is 13.1 Å². The van der Waals surface area contributed by atoms with Crippen molar-refractivity contribution < 1.29 is 4.39 Å². The van der Waals surface area contributed by atoms with Crippen LogP contribution < -0.4 is 0 Å². The summed E-state index contributed by atoms with van der Waals surface area (Å²) in [6.45, 7) is 5.09. The van der Waals surface area contributed by atoms with E-state index in [0.29, 0.717) is 12.5 Å². The molecule has 0 spiro atoms. The Labute approximate surface area is 73.0 Å². The summed E-state index contributed by atoms with van der Waals surface area (Å²) >= 11 is 0. The number of hydrogen-bond donors (Lipinski definition) is 0. The number of halogens is 1. The van der Waals surface area contributed by atoms with Crippen molar-refractivity contribution >= 4 is 0 Å². The minimum atomic E-state index is -0.821. The molecular formula is C9H15FN2. The zero-order chi connectivity index (χ0) is 9.14. The predicted octanol–water partition coefficient (Wildman–Crippen LogP) is 1.78. The molecule has 1 fully saturated rings. The smallest absolute Gasteiger partial charge is 0.179 e. The molecule has 1 rings (SSSR count). The summed E-state index contributed by atoms with van der Waals surface area (Å²) < 4.78 is 13.3. The van der Waals surface area contributed by atoms with Crippen molar-refractivity contribution in [1.29, 1.82) is 5.26 Å². The minimum Gasteiger partial charge on any atom is -0.308 e. The fourth-order valence-electron chi connectivity index (χ4n) is 1.76. The van der Waals surface area contributed by atoms with E-state index in [-0.39, 0.29) is 5.92 Å². The Morgan fingerprint density at radius 2 is 2.25 bits per heavy atom. The van der Waals surface area contributed by atoms with Crippen molar-refractivity contribution in [2.45, 2.75) is 26.4 Å². The molecule has 68 valence electrons. The maximum atomic E-state index is 13.3. The molecule has 1 saturated heterocycles. The van der Waals surface area contributed by atoms with Gasteiger partial charge in [-0.3, -0.25) is 0 Å². The van der Waals surface area contributed by atoms with Crippen LogP contribution in [0.25, 0.3) is 0 Å². The highest BCUT2D eigenvalue weighted by Gasteiger charge is 2.30. The van der Waals surface area contributed by atoms with E-state index in [9.17, 15) is 4.39 Å². The molecule has 1 aliphatic rings. The van der Waals surface area contributed by atoms with E-state index in [0.717, 1.165) is 13.0 Å². The summed E-state index contributed by atoms with van der Waals surface area (Å²) in [5.41, 5.74) is 0. The van der Waals surface area contributed by atoms with E-state index < -0.39 is 6.17 Å². The Bertz CT molecular complexity index is 185. The lowest BCUT2D eigenvalue weighted by Crippen LogP contribution is -2.41. The number of nitriles is 1. The van der Waals surface area contributed by atoms with Gasteiger partial charge in [0.05, 0.1) is 6.54 Å². The first-order chi connectivity index (χ1) is 5.65. The summed E-state index contributed by atoms with van der Waals surface area (Å²) in [4.78, 5) is 1.50. The normalized spacial score (nSPS) is 30.4. The number of likely N-dealkylation sites (tertiary alicyclic amines) is 1. The van der Waals surface area contributed by atoms with Crippen LogP contribution in [0.1, 0.15) is 20.3 Å². The summed E-state index contributed by atoms with van der Waals surface area (Å²) in [6, 6.07) is 0. The zero-order valence-corrected chi connectivity index (χ0v) is 7.63. The first-order valence-corrected chi connectivity index (χ1v) is 4.44. The third-order valence-corrected chi connectivity index (χ3v) is 2.59. The quantitative estimate of drug-likeness (QED) is 0.561. The first-order valence-electron chi connectivity index (χ1n) is 4.44. The Morgan fingerprint density at radius 3 is 2.67 bits per heavy atom. The number of alkyl halides is 1. The molecule has 1 aliphatic heterocycles. The largest absolute Gasteiger partial charge is 0.308 e. The van der Waals surface area contributed by atoms with Crippen LogP contribution in [0.3, 0.4) is 0 Å². The lowest BCUT2D eigenvalue weighted by Gasteiger charge is -2.33. The van der Waals surface area contributed by atoms with Gasteiger partial charge < -0.3 is 4.90 Å². The molecule has 2 unspecified atom stereocenters. The average Bonchev–Trinajstić information content (AvgIpc) is 2.03. The second-order valence-corrected chi connectivity index (χ2v) is 3.76. The average molecular weight is 170 g/mol. The Hall–Kier alpha value is -0.780. The Kier molecular flexibility index (Phi) is 2.91. The van der Waals surface area contributed by atoms with E-state index >= 15 is 0 Å². The first kappa shape index (κ1) is 9.31. The molecule has 0 saturated carbocycles. The molecule has 0 bridgehead atoms. The molecule has 1 heterocycles. The summed E-state index contributed by atoms with van der Waals surface area (Å²) in [5.74, 6) is 0.537. The standard InChI is InChI=1S/C9H15FN2/c1-7(2)8-3-4-12(6-11)5-9(8)10/h7-9H,3-5H2,1-2H3. The number of rotatable bonds is 1. The van der Waals surface area contributed by atoms with Gasteiger partial charge in [0.15, 0.2) is 6.19 Å². The summed E-state index contributed by atoms with van der Waals surface area (Å²) in [5, 5.41) is 8.54. The van der Waals surface area contributed by atoms with Gasteiger partial charge in [0.25, 0.3) is 0 Å². The predicted molar refractivity (Wildman–Crippen MR) is 45.0 cm³/mol. The summed E-state index contributed by atoms with van der Waals surface area (Å²) in [6.07, 6.45) is 1.98. The van der Waals surface area contributed by atoms with Gasteiger partial charge in [0, 0.05) is 6.54 Å². The summed E-state index contributed by atoms with van der Waals surface area (Å²) in [7, 11) is 0. The van der Waals surface area contributed by atoms with Crippen LogP contribution in [0.5, 0.6) is 0 Å². The van der Waals surface area contributed by atoms with Crippen molar-refractivity contribution in [3.63, 3.8) is 0 Å². The fraction of sp³-hybridized carbons (Fsp3) is 0.889. The number of hydrogen-bond acceptors (Lipinski definition) is 2. The van der Waals surface area contributed by atoms with Gasteiger partial charge in [0.2, 0.25) is 0 Å². The second kappa shape index (κ2) is 3.75. The molecule has 3 heteroatoms. The van der Waals surface area contributed by atoms with Crippen LogP contribution >= 0.6 is 0 Å². The van der Waals surface area contributed by atoms with Gasteiger partial charge in [0.1, 0.15) is 6.17 Å². The van der Waals surface area contributed by atoms with Gasteiger partial charge >= 0.3 is 0 Å². The zero-order valence-electron chi connectivity index (χ0n) is 7.63. The highest BCUT2D eigenvalue weighted by Crippen LogP contribution is 2.26. The van der Waals surface area contributed by atoms with Crippen LogP contribution in [0.15, 0.2) is 0 Å². The number of nitrogens with zero attached hydrogens (tertiary/aromatic N) is 2. The van der Waals surface area contributed by atoms with Gasteiger partial charge in [-0.05, 0) is 18.3 Å². The lowest BCUT2D eigenvalue weighted by molar-refractivity contribution is 0.0898. The molecule has 0 aromatic heterocycles. The molecule has 0 aromatic carbocycles. The SMILES string of the molecule is CC(C)C1CCN(C#N)CC1F. The van der Waals surface area contributed by atoms with Crippen LogP contribution in [-0.2, 0) is 0 Å². The van der Waals surface area contributed by atoms with E-state index in [1.54, 1.807) is 0 Å². The molecule has 0 aliphatic carbocycles. The van der Waals surface area contributed by atoms with Crippen molar-refractivity contribution in [1.82, 2.24) is 4.90 Å². The third-order valence-electron chi connectivity index (χ3n) is 2.59. The Balaban J connectivity index is 2.49. The van der Waals surface area contributed by atoms with E-state index in [2.05, 4.69) is 0 Å². The monoisotopic (exact) mass is 170 g/mol. The fourth-order valence-corrected chi connectivity index (χ4v) is 1.76. The highest BCUT2D eigenvalue weighted by molar-refractivity contribution is 4.87. The molecule has 2 nitrogen and oxygen atoms in total. The number of piperidine rings is 1. The molecule has 0 radical (unpaired) electrons. The molecule has 12 heavy (non-hydrogen) atoms. The van der Waals surface area contributed by atoms with E-state index in [1.807, 2.05) is 20.0 Å². The van der Waals surface area contributed by atoms with Crippen LogP contribution in [0, 0.1) is 23.3 Å². The topological polar surface area (TPSA) is 27.0 Å². The van der Waals surface area contributed by atoms with Gasteiger partial charge in [-0.25, -0.2) is 4.39 Å². The molecular weight excluding hydrogens is 155 g/mol. The van der Waals surface area contributed by atoms with Crippen molar-refractivity contribution in [2.24, 2.45) is 11.8 Å². The van der Waals surface area contributed by atoms with Gasteiger partial charge in [-0.1, -0.05) is 13.8 Å². The van der Waals surface area contributed by atoms with Gasteiger partial charge in [-0.15, -0.1) is 0 Å². The highest BCUT2D eigenvalue weighted by atomic mass is 19.1. The van der Waals surface area contributed by atoms with Crippen molar-refractivity contribution in [3.8, 4) is 6.19 Å². The Morgan fingerprint density at radius 1 is 1.58 bits per heavy atom. The molecule has 0 amide bonds. The van der Waals surface area contributed by atoms with Crippen LogP contribution in [0.4, 0.5) is 4.39 Å². The maximum Gasteiger partial charge on any atom is 0.179 e. The maximum absolute atomic E-state index is 13.3. The molecule has 0 aromatic rings. The minimum absolute atomic E-state index is 0.148. The van der Waals surface area contributed by atoms with Crippen molar-refractivity contribution in [3.05, 3.63) is 0 Å². The lowest BCUT2D eigenvalue weighted by atomic mass is 9.85. The third kappa shape index (κ3) is 1.88. The van der Waals surface area contributed by atoms with Crippen LogP contribution in [-0.4, -0.2) is 24.2 Å². The van der Waals surface area contributed by atoms with Gasteiger partial charge in [-0.2, -0.15) is 5.26 Å². The molecule has 2 atom stereocenters.